The van der Waals surface area contributed by atoms with E-state index in [0.717, 1.165) is 17.4 Å². The van der Waals surface area contributed by atoms with Crippen molar-refractivity contribution in [2.24, 2.45) is 0 Å². The molecule has 0 aliphatic carbocycles. The minimum Gasteiger partial charge on any atom is -0.464 e. The van der Waals surface area contributed by atoms with Gasteiger partial charge in [-0.25, -0.2) is 8.42 Å². The highest BCUT2D eigenvalue weighted by Crippen LogP contribution is 2.30. The zero-order valence-electron chi connectivity index (χ0n) is 14.9. The van der Waals surface area contributed by atoms with E-state index in [1.165, 1.54) is 10.4 Å². The van der Waals surface area contributed by atoms with Crippen LogP contribution in [0.2, 0.25) is 0 Å². The second-order valence-electron chi connectivity index (χ2n) is 6.40. The quantitative estimate of drug-likeness (QED) is 0.564. The summed E-state index contributed by atoms with van der Waals surface area (Å²) in [5.41, 5.74) is 1.68. The number of sulfonamides is 1. The molecular weight excluding hydrogens is 400 g/mol. The summed E-state index contributed by atoms with van der Waals surface area (Å²) in [4.78, 5) is 16.8. The van der Waals surface area contributed by atoms with Gasteiger partial charge in [0.15, 0.2) is 0 Å². The summed E-state index contributed by atoms with van der Waals surface area (Å²) in [6.45, 7) is 0.433. The van der Waals surface area contributed by atoms with E-state index < -0.39 is 22.0 Å². The molecule has 10 heteroatoms. The van der Waals surface area contributed by atoms with Gasteiger partial charge in [-0.1, -0.05) is 12.1 Å². The van der Waals surface area contributed by atoms with Crippen LogP contribution in [0.1, 0.15) is 18.5 Å². The van der Waals surface area contributed by atoms with E-state index in [9.17, 15) is 13.2 Å². The van der Waals surface area contributed by atoms with Crippen LogP contribution in [0.25, 0.3) is 11.0 Å². The summed E-state index contributed by atoms with van der Waals surface area (Å²) in [5, 5.41) is 0. The third-order valence-corrected chi connectivity index (χ3v) is 7.12. The van der Waals surface area contributed by atoms with Gasteiger partial charge in [0, 0.05) is 24.9 Å². The standard InChI is InChI=1S/C18H18N4O4S2/c23-18(26-12-9-13-5-1-2-10-19-13)15-7-4-11-22(15)28(24,25)16-8-3-6-14-17(16)21-27-20-14/h1-3,5-6,8,10,15H,4,7,9,11-12H2/t15-/m1/s1. The molecule has 1 fully saturated rings. The van der Waals surface area contributed by atoms with Crippen molar-refractivity contribution < 1.29 is 17.9 Å². The van der Waals surface area contributed by atoms with Gasteiger partial charge in [-0.2, -0.15) is 13.1 Å². The van der Waals surface area contributed by atoms with Crippen molar-refractivity contribution in [2.45, 2.75) is 30.2 Å². The maximum atomic E-state index is 13.2. The normalized spacial score (nSPS) is 17.8. The predicted molar refractivity (Wildman–Crippen MR) is 103 cm³/mol. The molecule has 0 spiro atoms. The highest BCUT2D eigenvalue weighted by Gasteiger charge is 2.41. The van der Waals surface area contributed by atoms with Crippen LogP contribution >= 0.6 is 11.7 Å². The lowest BCUT2D eigenvalue weighted by molar-refractivity contribution is -0.147. The Balaban J connectivity index is 1.49. The summed E-state index contributed by atoms with van der Waals surface area (Å²) < 4.78 is 41.2. The van der Waals surface area contributed by atoms with Gasteiger partial charge < -0.3 is 4.74 Å². The smallest absolute Gasteiger partial charge is 0.324 e. The van der Waals surface area contributed by atoms with Crippen LogP contribution in [-0.4, -0.2) is 51.6 Å². The average Bonchev–Trinajstić information content (AvgIpc) is 3.38. The van der Waals surface area contributed by atoms with E-state index >= 15 is 0 Å². The number of esters is 1. The molecule has 0 saturated carbocycles. The van der Waals surface area contributed by atoms with Crippen LogP contribution in [-0.2, 0) is 26.0 Å². The molecule has 8 nitrogen and oxygen atoms in total. The van der Waals surface area contributed by atoms with E-state index in [-0.39, 0.29) is 18.0 Å². The summed E-state index contributed by atoms with van der Waals surface area (Å²) in [6.07, 6.45) is 3.20. The van der Waals surface area contributed by atoms with Crippen molar-refractivity contribution in [3.05, 3.63) is 48.3 Å². The zero-order chi connectivity index (χ0) is 19.6. The number of pyridine rings is 1. The topological polar surface area (TPSA) is 102 Å². The Morgan fingerprint density at radius 2 is 2.11 bits per heavy atom. The molecule has 1 aliphatic heterocycles. The van der Waals surface area contributed by atoms with Crippen molar-refractivity contribution in [2.75, 3.05) is 13.2 Å². The van der Waals surface area contributed by atoms with Crippen LogP contribution in [0, 0.1) is 0 Å². The number of ether oxygens (including phenoxy) is 1. The number of hydrogen-bond acceptors (Lipinski definition) is 8. The van der Waals surface area contributed by atoms with E-state index in [4.69, 9.17) is 4.74 Å². The Morgan fingerprint density at radius 1 is 1.21 bits per heavy atom. The molecule has 1 saturated heterocycles. The van der Waals surface area contributed by atoms with E-state index in [0.29, 0.717) is 30.3 Å². The van der Waals surface area contributed by atoms with Gasteiger partial charge in [0.2, 0.25) is 10.0 Å². The third kappa shape index (κ3) is 3.62. The van der Waals surface area contributed by atoms with Crippen LogP contribution in [0.4, 0.5) is 0 Å². The average molecular weight is 419 g/mol. The highest BCUT2D eigenvalue weighted by atomic mass is 32.2. The first-order chi connectivity index (χ1) is 13.6. The lowest BCUT2D eigenvalue weighted by Crippen LogP contribution is -2.41. The Hall–Kier alpha value is -2.43. The number of hydrogen-bond donors (Lipinski definition) is 0. The summed E-state index contributed by atoms with van der Waals surface area (Å²) in [5.74, 6) is -0.527. The molecule has 3 heterocycles. The largest absolute Gasteiger partial charge is 0.464 e. The molecule has 28 heavy (non-hydrogen) atoms. The number of benzene rings is 1. The molecule has 2 aromatic heterocycles. The van der Waals surface area contributed by atoms with Gasteiger partial charge in [-0.15, -0.1) is 0 Å². The van der Waals surface area contributed by atoms with Crippen molar-refractivity contribution in [1.82, 2.24) is 18.0 Å². The minimum absolute atomic E-state index is 0.0759. The monoisotopic (exact) mass is 418 g/mol. The Labute approximate surface area is 166 Å². The molecule has 4 rings (SSSR count). The molecule has 1 aromatic carbocycles. The van der Waals surface area contributed by atoms with Gasteiger partial charge in [0.05, 0.1) is 18.3 Å². The fraction of sp³-hybridized carbons (Fsp3) is 0.333. The highest BCUT2D eigenvalue weighted by molar-refractivity contribution is 7.89. The maximum absolute atomic E-state index is 13.2. The van der Waals surface area contributed by atoms with Crippen molar-refractivity contribution >= 4 is 38.8 Å². The van der Waals surface area contributed by atoms with Crippen molar-refractivity contribution in [3.8, 4) is 0 Å². The minimum atomic E-state index is -3.88. The molecule has 1 atom stereocenters. The lowest BCUT2D eigenvalue weighted by atomic mass is 10.2. The SMILES string of the molecule is O=C(OCCc1ccccn1)[C@H]1CCCN1S(=O)(=O)c1cccc2nsnc12. The third-order valence-electron chi connectivity index (χ3n) is 4.64. The zero-order valence-corrected chi connectivity index (χ0v) is 16.5. The van der Waals surface area contributed by atoms with Crippen LogP contribution in [0.15, 0.2) is 47.5 Å². The first-order valence-corrected chi connectivity index (χ1v) is 11.0. The molecule has 146 valence electrons. The Kier molecular flexibility index (Phi) is 5.33. The fourth-order valence-corrected chi connectivity index (χ4v) is 5.68. The molecule has 0 bridgehead atoms. The first-order valence-electron chi connectivity index (χ1n) is 8.87. The number of carbonyl (C=O) groups excluding carboxylic acids is 1. The molecule has 1 aliphatic rings. The Morgan fingerprint density at radius 3 is 2.93 bits per heavy atom. The van der Waals surface area contributed by atoms with Gasteiger partial charge in [0.1, 0.15) is 22.0 Å². The summed E-state index contributed by atoms with van der Waals surface area (Å²) in [6, 6.07) is 9.55. The van der Waals surface area contributed by atoms with Crippen molar-refractivity contribution in [3.63, 3.8) is 0 Å². The molecule has 3 aromatic rings. The number of aromatic nitrogens is 3. The first kappa shape index (κ1) is 18.9. The van der Waals surface area contributed by atoms with E-state index in [1.54, 1.807) is 18.3 Å². The van der Waals surface area contributed by atoms with Crippen molar-refractivity contribution in [1.29, 1.82) is 0 Å². The summed E-state index contributed by atoms with van der Waals surface area (Å²) in [7, 11) is -3.88. The van der Waals surface area contributed by atoms with E-state index in [2.05, 4.69) is 13.7 Å². The van der Waals surface area contributed by atoms with E-state index in [1.807, 2.05) is 18.2 Å². The van der Waals surface area contributed by atoms with Crippen LogP contribution in [0.5, 0.6) is 0 Å². The van der Waals surface area contributed by atoms with Gasteiger partial charge in [-0.3, -0.25) is 9.78 Å². The number of carbonyl (C=O) groups is 1. The molecule has 0 radical (unpaired) electrons. The molecule has 0 unspecified atom stereocenters. The second kappa shape index (κ2) is 7.90. The number of rotatable bonds is 6. The Bertz CT molecular complexity index is 1090. The van der Waals surface area contributed by atoms with Gasteiger partial charge in [0.25, 0.3) is 0 Å². The van der Waals surface area contributed by atoms with Gasteiger partial charge >= 0.3 is 5.97 Å². The van der Waals surface area contributed by atoms with Crippen LogP contribution in [0.3, 0.4) is 0 Å². The maximum Gasteiger partial charge on any atom is 0.324 e. The molecular formula is C18H18N4O4S2. The van der Waals surface area contributed by atoms with Crippen LogP contribution < -0.4 is 0 Å². The number of nitrogens with zero attached hydrogens (tertiary/aromatic N) is 4. The predicted octanol–water partition coefficient (Wildman–Crippen LogP) is 2.03. The second-order valence-corrected chi connectivity index (χ2v) is 8.79. The fourth-order valence-electron chi connectivity index (χ4n) is 3.28. The number of fused-ring (bicyclic) bond motifs is 1. The molecule has 0 N–H and O–H groups in total. The summed E-state index contributed by atoms with van der Waals surface area (Å²) >= 11 is 0.961. The lowest BCUT2D eigenvalue weighted by Gasteiger charge is -2.22. The van der Waals surface area contributed by atoms with Gasteiger partial charge in [-0.05, 0) is 37.1 Å². The molecule has 0 amide bonds.